The molecule has 0 aromatic carbocycles. The van der Waals surface area contributed by atoms with Crippen LogP contribution in [-0.2, 0) is 4.74 Å². The lowest BCUT2D eigenvalue weighted by Crippen LogP contribution is -2.18. The van der Waals surface area contributed by atoms with Gasteiger partial charge in [-0.2, -0.15) is 0 Å². The van der Waals surface area contributed by atoms with Crippen LogP contribution in [0.4, 0.5) is 4.39 Å². The predicted molar refractivity (Wildman–Crippen MR) is 38.4 cm³/mol. The second-order valence-corrected chi connectivity index (χ2v) is 2.04. The molecule has 4 nitrogen and oxygen atoms in total. The van der Waals surface area contributed by atoms with E-state index in [0.29, 0.717) is 0 Å². The molecule has 1 heterocycles. The second kappa shape index (κ2) is 3.17. The summed E-state index contributed by atoms with van der Waals surface area (Å²) >= 11 is 0. The van der Waals surface area contributed by atoms with Crippen LogP contribution in [0.25, 0.3) is 0 Å². The van der Waals surface area contributed by atoms with Gasteiger partial charge in [-0.15, -0.1) is 0 Å². The van der Waals surface area contributed by atoms with Gasteiger partial charge in [-0.05, 0) is 0 Å². The summed E-state index contributed by atoms with van der Waals surface area (Å²) in [5.41, 5.74) is -1.29. The quantitative estimate of drug-likeness (QED) is 0.618. The first-order valence-electron chi connectivity index (χ1n) is 3.11. The van der Waals surface area contributed by atoms with Crippen molar-refractivity contribution in [2.45, 2.75) is 0 Å². The summed E-state index contributed by atoms with van der Waals surface area (Å²) in [7, 11) is 1.12. The Labute approximate surface area is 67.0 Å². The molecule has 0 bridgehead atoms. The lowest BCUT2D eigenvalue weighted by atomic mass is 10.3. The van der Waals surface area contributed by atoms with Crippen LogP contribution < -0.4 is 5.43 Å². The standard InChI is InChI=1S/C7H6FNO3/c1-12-7(11)4-2-9-3-5(8)6(4)10/h2-3H,1H3,(H,9,10). The number of pyridine rings is 1. The number of hydrogen-bond donors (Lipinski definition) is 1. The molecule has 64 valence electrons. The highest BCUT2D eigenvalue weighted by atomic mass is 19.1. The third-order valence-corrected chi connectivity index (χ3v) is 1.30. The Balaban J connectivity index is 3.26. The number of esters is 1. The molecular weight excluding hydrogens is 165 g/mol. The minimum Gasteiger partial charge on any atom is -0.465 e. The van der Waals surface area contributed by atoms with Crippen molar-refractivity contribution in [1.82, 2.24) is 4.98 Å². The molecule has 0 fully saturated rings. The Bertz CT molecular complexity index is 358. The van der Waals surface area contributed by atoms with Crippen molar-refractivity contribution in [3.05, 3.63) is 34.0 Å². The monoisotopic (exact) mass is 171 g/mol. The summed E-state index contributed by atoms with van der Waals surface area (Å²) in [6.45, 7) is 0. The van der Waals surface area contributed by atoms with Crippen LogP contribution in [0.5, 0.6) is 0 Å². The molecule has 0 aliphatic carbocycles. The van der Waals surface area contributed by atoms with Gasteiger partial charge in [-0.1, -0.05) is 0 Å². The molecule has 0 atom stereocenters. The third-order valence-electron chi connectivity index (χ3n) is 1.30. The van der Waals surface area contributed by atoms with Crippen LogP contribution >= 0.6 is 0 Å². The maximum atomic E-state index is 12.5. The predicted octanol–water partition coefficient (Wildman–Crippen LogP) is 0.301. The highest BCUT2D eigenvalue weighted by molar-refractivity contribution is 5.88. The first-order valence-corrected chi connectivity index (χ1v) is 3.11. The largest absolute Gasteiger partial charge is 0.465 e. The molecule has 0 aliphatic heterocycles. The van der Waals surface area contributed by atoms with Crippen molar-refractivity contribution in [3.8, 4) is 0 Å². The number of H-pyrrole nitrogens is 1. The highest BCUT2D eigenvalue weighted by Crippen LogP contribution is 1.93. The van der Waals surface area contributed by atoms with Crippen LogP contribution in [0.3, 0.4) is 0 Å². The van der Waals surface area contributed by atoms with Crippen molar-refractivity contribution >= 4 is 5.97 Å². The van der Waals surface area contributed by atoms with E-state index < -0.39 is 17.2 Å². The molecular formula is C7H6FNO3. The third kappa shape index (κ3) is 1.34. The van der Waals surface area contributed by atoms with Crippen molar-refractivity contribution in [2.24, 2.45) is 0 Å². The fraction of sp³-hybridized carbons (Fsp3) is 0.143. The zero-order valence-electron chi connectivity index (χ0n) is 6.26. The van der Waals surface area contributed by atoms with E-state index in [1.165, 1.54) is 0 Å². The fourth-order valence-corrected chi connectivity index (χ4v) is 0.719. The summed E-state index contributed by atoms with van der Waals surface area (Å²) in [5, 5.41) is 0. The lowest BCUT2D eigenvalue weighted by Gasteiger charge is -1.96. The number of methoxy groups -OCH3 is 1. The Morgan fingerprint density at radius 1 is 1.58 bits per heavy atom. The molecule has 1 aromatic rings. The van der Waals surface area contributed by atoms with Gasteiger partial charge in [0.05, 0.1) is 7.11 Å². The number of ether oxygens (including phenoxy) is 1. The van der Waals surface area contributed by atoms with Gasteiger partial charge in [0.1, 0.15) is 5.56 Å². The SMILES string of the molecule is COC(=O)c1c[nH]cc(F)c1=O. The van der Waals surface area contributed by atoms with Crippen molar-refractivity contribution in [3.63, 3.8) is 0 Å². The van der Waals surface area contributed by atoms with Gasteiger partial charge in [0, 0.05) is 12.4 Å². The minimum absolute atomic E-state index is 0.336. The summed E-state index contributed by atoms with van der Waals surface area (Å²) in [6.07, 6.45) is 1.96. The summed E-state index contributed by atoms with van der Waals surface area (Å²) in [5.74, 6) is -1.85. The maximum absolute atomic E-state index is 12.5. The highest BCUT2D eigenvalue weighted by Gasteiger charge is 2.12. The van der Waals surface area contributed by atoms with Gasteiger partial charge < -0.3 is 9.72 Å². The Hall–Kier alpha value is -1.65. The summed E-state index contributed by atoms with van der Waals surface area (Å²) in [6, 6.07) is 0. The van der Waals surface area contributed by atoms with E-state index in [0.717, 1.165) is 19.5 Å². The van der Waals surface area contributed by atoms with Gasteiger partial charge in [-0.25, -0.2) is 9.18 Å². The first-order chi connectivity index (χ1) is 5.66. The molecule has 12 heavy (non-hydrogen) atoms. The van der Waals surface area contributed by atoms with E-state index in [2.05, 4.69) is 9.72 Å². The fourth-order valence-electron chi connectivity index (χ4n) is 0.719. The van der Waals surface area contributed by atoms with Gasteiger partial charge in [-0.3, -0.25) is 4.79 Å². The molecule has 5 heteroatoms. The molecule has 0 unspecified atom stereocenters. The van der Waals surface area contributed by atoms with Crippen LogP contribution in [0, 0.1) is 5.82 Å². The van der Waals surface area contributed by atoms with E-state index in [1.54, 1.807) is 0 Å². The van der Waals surface area contributed by atoms with E-state index in [1.807, 2.05) is 0 Å². The smallest absolute Gasteiger partial charge is 0.343 e. The minimum atomic E-state index is -1.00. The maximum Gasteiger partial charge on any atom is 0.343 e. The van der Waals surface area contributed by atoms with Crippen LogP contribution in [0.2, 0.25) is 0 Å². The Morgan fingerprint density at radius 2 is 2.25 bits per heavy atom. The van der Waals surface area contributed by atoms with Crippen LogP contribution in [0.1, 0.15) is 10.4 Å². The van der Waals surface area contributed by atoms with Crippen molar-refractivity contribution in [2.75, 3.05) is 7.11 Å². The van der Waals surface area contributed by atoms with Crippen molar-refractivity contribution in [1.29, 1.82) is 0 Å². The first kappa shape index (κ1) is 8.45. The number of nitrogens with one attached hydrogen (secondary N) is 1. The number of hydrogen-bond acceptors (Lipinski definition) is 3. The number of carbonyl (C=O) groups excluding carboxylic acids is 1. The molecule has 0 saturated heterocycles. The molecule has 0 spiro atoms. The lowest BCUT2D eigenvalue weighted by molar-refractivity contribution is 0.0598. The number of rotatable bonds is 1. The average molecular weight is 171 g/mol. The number of aromatic nitrogens is 1. The topological polar surface area (TPSA) is 59.2 Å². The summed E-state index contributed by atoms with van der Waals surface area (Å²) < 4.78 is 16.8. The molecule has 0 aliphatic rings. The Kier molecular flexibility index (Phi) is 2.23. The summed E-state index contributed by atoms with van der Waals surface area (Å²) in [4.78, 5) is 24.0. The molecule has 0 saturated carbocycles. The van der Waals surface area contributed by atoms with Crippen LogP contribution in [-0.4, -0.2) is 18.1 Å². The zero-order chi connectivity index (χ0) is 9.14. The molecule has 0 radical (unpaired) electrons. The van der Waals surface area contributed by atoms with E-state index >= 15 is 0 Å². The van der Waals surface area contributed by atoms with Crippen LogP contribution in [0.15, 0.2) is 17.2 Å². The normalized spacial score (nSPS) is 9.50. The van der Waals surface area contributed by atoms with Gasteiger partial charge in [0.2, 0.25) is 5.43 Å². The van der Waals surface area contributed by atoms with Gasteiger partial charge in [0.25, 0.3) is 0 Å². The second-order valence-electron chi connectivity index (χ2n) is 2.04. The number of aromatic amines is 1. The Morgan fingerprint density at radius 3 is 2.83 bits per heavy atom. The van der Waals surface area contributed by atoms with E-state index in [-0.39, 0.29) is 5.56 Å². The average Bonchev–Trinajstić information content (AvgIpc) is 2.08. The molecule has 0 amide bonds. The number of halogens is 1. The molecule has 1 aromatic heterocycles. The van der Waals surface area contributed by atoms with Gasteiger partial charge in [0.15, 0.2) is 5.82 Å². The molecule has 1 rings (SSSR count). The number of carbonyl (C=O) groups is 1. The molecule has 1 N–H and O–H groups in total. The zero-order valence-corrected chi connectivity index (χ0v) is 6.26. The van der Waals surface area contributed by atoms with Gasteiger partial charge >= 0.3 is 5.97 Å². The van der Waals surface area contributed by atoms with E-state index in [9.17, 15) is 14.0 Å². The van der Waals surface area contributed by atoms with E-state index in [4.69, 9.17) is 0 Å². The van der Waals surface area contributed by atoms with Crippen molar-refractivity contribution < 1.29 is 13.9 Å².